The van der Waals surface area contributed by atoms with Gasteiger partial charge in [0.1, 0.15) is 0 Å². The van der Waals surface area contributed by atoms with Crippen molar-refractivity contribution in [3.8, 4) is 22.3 Å². The molecule has 0 saturated carbocycles. The first-order valence-electron chi connectivity index (χ1n) is 5.92. The average Bonchev–Trinajstić information content (AvgIpc) is 2.49. The summed E-state index contributed by atoms with van der Waals surface area (Å²) in [7, 11) is 0. The zero-order valence-corrected chi connectivity index (χ0v) is 9.88. The maximum atomic E-state index is 4.23. The van der Waals surface area contributed by atoms with Gasteiger partial charge in [-0.3, -0.25) is 4.98 Å². The van der Waals surface area contributed by atoms with Gasteiger partial charge in [-0.1, -0.05) is 54.6 Å². The first kappa shape index (κ1) is 10.7. The quantitative estimate of drug-likeness (QED) is 0.642. The van der Waals surface area contributed by atoms with Crippen molar-refractivity contribution in [3.05, 3.63) is 79.1 Å². The molecule has 0 N–H and O–H groups in total. The van der Waals surface area contributed by atoms with Gasteiger partial charge in [0, 0.05) is 18.0 Å². The molecule has 0 saturated heterocycles. The van der Waals surface area contributed by atoms with E-state index < -0.39 is 0 Å². The molecule has 1 radical (unpaired) electrons. The molecule has 0 aliphatic heterocycles. The van der Waals surface area contributed by atoms with Crippen LogP contribution in [0.5, 0.6) is 0 Å². The Morgan fingerprint density at radius 2 is 1.61 bits per heavy atom. The summed E-state index contributed by atoms with van der Waals surface area (Å²) < 4.78 is 0. The van der Waals surface area contributed by atoms with Gasteiger partial charge in [-0.15, -0.1) is 0 Å². The molecule has 0 amide bonds. The molecule has 0 spiro atoms. The van der Waals surface area contributed by atoms with Gasteiger partial charge in [0.25, 0.3) is 0 Å². The van der Waals surface area contributed by atoms with Crippen LogP contribution in [0.15, 0.2) is 73.1 Å². The fourth-order valence-corrected chi connectivity index (χ4v) is 2.04. The van der Waals surface area contributed by atoms with Gasteiger partial charge in [-0.05, 0) is 28.8 Å². The maximum Gasteiger partial charge on any atom is 0.0352 e. The second-order valence-corrected chi connectivity index (χ2v) is 4.06. The van der Waals surface area contributed by atoms with Crippen LogP contribution in [0.3, 0.4) is 0 Å². The van der Waals surface area contributed by atoms with Crippen LogP contribution in [-0.4, -0.2) is 4.98 Å². The number of aromatic nitrogens is 1. The predicted octanol–water partition coefficient (Wildman–Crippen LogP) is 4.22. The number of hydrogen-bond acceptors (Lipinski definition) is 1. The van der Waals surface area contributed by atoms with Crippen LogP contribution in [-0.2, 0) is 0 Å². The highest BCUT2D eigenvalue weighted by Crippen LogP contribution is 2.30. The monoisotopic (exact) mass is 230 g/mol. The molecule has 1 aromatic heterocycles. The van der Waals surface area contributed by atoms with Crippen molar-refractivity contribution in [1.82, 2.24) is 4.98 Å². The number of rotatable bonds is 2. The summed E-state index contributed by atoms with van der Waals surface area (Å²) in [6.45, 7) is 0. The highest BCUT2D eigenvalue weighted by molar-refractivity contribution is 5.82. The topological polar surface area (TPSA) is 12.9 Å². The van der Waals surface area contributed by atoms with Crippen LogP contribution < -0.4 is 0 Å². The number of hydrogen-bond donors (Lipinski definition) is 0. The Morgan fingerprint density at radius 1 is 0.778 bits per heavy atom. The summed E-state index contributed by atoms with van der Waals surface area (Å²) in [5.41, 5.74) is 4.58. The van der Waals surface area contributed by atoms with Crippen molar-refractivity contribution < 1.29 is 0 Å². The van der Waals surface area contributed by atoms with E-state index in [-0.39, 0.29) is 0 Å². The molecule has 85 valence electrons. The molecule has 0 bridgehead atoms. The van der Waals surface area contributed by atoms with Crippen molar-refractivity contribution in [1.29, 1.82) is 0 Å². The smallest absolute Gasteiger partial charge is 0.0352 e. The Bertz CT molecular complexity index is 572. The molecule has 0 aliphatic rings. The van der Waals surface area contributed by atoms with Crippen molar-refractivity contribution in [3.63, 3.8) is 0 Å². The van der Waals surface area contributed by atoms with E-state index in [2.05, 4.69) is 29.2 Å². The van der Waals surface area contributed by atoms with E-state index in [1.807, 2.05) is 54.9 Å². The highest BCUT2D eigenvalue weighted by Gasteiger charge is 2.06. The molecular formula is C17H12N. The van der Waals surface area contributed by atoms with E-state index in [1.54, 1.807) is 0 Å². The molecule has 0 aliphatic carbocycles. The third-order valence-electron chi connectivity index (χ3n) is 2.91. The molecule has 0 atom stereocenters. The third-order valence-corrected chi connectivity index (χ3v) is 2.91. The largest absolute Gasteiger partial charge is 0.264 e. The lowest BCUT2D eigenvalue weighted by molar-refractivity contribution is 1.33. The van der Waals surface area contributed by atoms with Crippen molar-refractivity contribution in [2.75, 3.05) is 0 Å². The van der Waals surface area contributed by atoms with Crippen LogP contribution in [0.25, 0.3) is 22.3 Å². The first-order chi connectivity index (χ1) is 8.95. The lowest BCUT2D eigenvalue weighted by Crippen LogP contribution is -1.86. The van der Waals surface area contributed by atoms with E-state index >= 15 is 0 Å². The van der Waals surface area contributed by atoms with Gasteiger partial charge in [0.05, 0.1) is 0 Å². The van der Waals surface area contributed by atoms with E-state index in [1.165, 1.54) is 5.56 Å². The summed E-state index contributed by atoms with van der Waals surface area (Å²) in [4.78, 5) is 4.23. The SMILES string of the molecule is [c]1ccccc1-c1ccncc1-c1ccccc1. The molecule has 0 fully saturated rings. The summed E-state index contributed by atoms with van der Waals surface area (Å²) >= 11 is 0. The van der Waals surface area contributed by atoms with Gasteiger partial charge in [0.15, 0.2) is 0 Å². The summed E-state index contributed by atoms with van der Waals surface area (Å²) in [5, 5.41) is 0. The number of benzene rings is 2. The normalized spacial score (nSPS) is 10.2. The minimum atomic E-state index is 1.10. The number of nitrogens with zero attached hydrogens (tertiary/aromatic N) is 1. The van der Waals surface area contributed by atoms with Crippen LogP contribution in [0.2, 0.25) is 0 Å². The molecule has 2 aromatic carbocycles. The highest BCUT2D eigenvalue weighted by atomic mass is 14.6. The number of pyridine rings is 1. The lowest BCUT2D eigenvalue weighted by atomic mass is 9.97. The van der Waals surface area contributed by atoms with E-state index in [4.69, 9.17) is 0 Å². The second kappa shape index (κ2) is 4.84. The maximum absolute atomic E-state index is 4.23. The Labute approximate surface area is 107 Å². The van der Waals surface area contributed by atoms with E-state index in [9.17, 15) is 0 Å². The molecular weight excluding hydrogens is 218 g/mol. The Hall–Kier alpha value is -2.41. The van der Waals surface area contributed by atoms with Gasteiger partial charge in [-0.25, -0.2) is 0 Å². The summed E-state index contributed by atoms with van der Waals surface area (Å²) in [6.07, 6.45) is 3.73. The molecule has 1 heteroatoms. The van der Waals surface area contributed by atoms with E-state index in [0.717, 1.165) is 16.7 Å². The third kappa shape index (κ3) is 2.03. The lowest BCUT2D eigenvalue weighted by Gasteiger charge is -2.08. The van der Waals surface area contributed by atoms with Gasteiger partial charge >= 0.3 is 0 Å². The molecule has 3 rings (SSSR count). The first-order valence-corrected chi connectivity index (χ1v) is 5.92. The average molecular weight is 230 g/mol. The Kier molecular flexibility index (Phi) is 2.89. The van der Waals surface area contributed by atoms with Crippen LogP contribution >= 0.6 is 0 Å². The summed E-state index contributed by atoms with van der Waals surface area (Å²) in [6, 6.07) is 23.6. The fraction of sp³-hybridized carbons (Fsp3) is 0. The molecule has 1 nitrogen and oxygen atoms in total. The van der Waals surface area contributed by atoms with Crippen molar-refractivity contribution in [2.24, 2.45) is 0 Å². The summed E-state index contributed by atoms with van der Waals surface area (Å²) in [5.74, 6) is 0. The van der Waals surface area contributed by atoms with Gasteiger partial charge < -0.3 is 0 Å². The molecule has 0 unspecified atom stereocenters. The second-order valence-electron chi connectivity index (χ2n) is 4.06. The molecule has 18 heavy (non-hydrogen) atoms. The van der Waals surface area contributed by atoms with Crippen LogP contribution in [0, 0.1) is 6.07 Å². The minimum absolute atomic E-state index is 1.10. The standard InChI is InChI=1S/C17H12N/c1-3-7-14(8-4-1)16-11-12-18-13-17(16)15-9-5-2-6-10-15/h1-7,9-13H. The molecule has 1 heterocycles. The van der Waals surface area contributed by atoms with Gasteiger partial charge in [-0.2, -0.15) is 0 Å². The predicted molar refractivity (Wildman–Crippen MR) is 73.9 cm³/mol. The van der Waals surface area contributed by atoms with Crippen molar-refractivity contribution >= 4 is 0 Å². The fourth-order valence-electron chi connectivity index (χ4n) is 2.04. The Balaban J connectivity index is 2.18. The van der Waals surface area contributed by atoms with Crippen molar-refractivity contribution in [2.45, 2.75) is 0 Å². The van der Waals surface area contributed by atoms with Crippen LogP contribution in [0.4, 0.5) is 0 Å². The zero-order valence-electron chi connectivity index (χ0n) is 9.88. The van der Waals surface area contributed by atoms with Gasteiger partial charge in [0.2, 0.25) is 0 Å². The zero-order chi connectivity index (χ0) is 12.2. The Morgan fingerprint density at radius 3 is 2.39 bits per heavy atom. The minimum Gasteiger partial charge on any atom is -0.264 e. The van der Waals surface area contributed by atoms with Crippen LogP contribution in [0.1, 0.15) is 0 Å². The van der Waals surface area contributed by atoms with E-state index in [0.29, 0.717) is 0 Å². The molecule has 3 aromatic rings.